The van der Waals surface area contributed by atoms with Crippen LogP contribution in [-0.2, 0) is 16.6 Å². The quantitative estimate of drug-likeness (QED) is 0.533. The number of halogens is 1. The van der Waals surface area contributed by atoms with E-state index in [1.807, 2.05) is 24.3 Å². The fourth-order valence-electron chi connectivity index (χ4n) is 3.22. The first-order valence-corrected chi connectivity index (χ1v) is 10.0. The number of hydrogen-bond acceptors (Lipinski definition) is 2. The molecule has 29 heavy (non-hydrogen) atoms. The molecule has 0 spiro atoms. The number of amides is 1. The van der Waals surface area contributed by atoms with E-state index in [4.69, 9.17) is 0 Å². The first kappa shape index (κ1) is 20.8. The van der Waals surface area contributed by atoms with Gasteiger partial charge in [-0.3, -0.25) is 4.79 Å². The van der Waals surface area contributed by atoms with Crippen molar-refractivity contribution in [3.05, 3.63) is 71.5 Å². The molecule has 1 amide bonds. The van der Waals surface area contributed by atoms with Crippen molar-refractivity contribution in [3.63, 3.8) is 0 Å². The van der Waals surface area contributed by atoms with Crippen LogP contribution >= 0.6 is 0 Å². The molecule has 0 unspecified atom stereocenters. The molecule has 0 aliphatic heterocycles. The minimum Gasteiger partial charge on any atom is -0.356 e. The summed E-state index contributed by atoms with van der Waals surface area (Å²) in [6.07, 6.45) is 2.88. The highest BCUT2D eigenvalue weighted by Crippen LogP contribution is 2.47. The van der Waals surface area contributed by atoms with Gasteiger partial charge < -0.3 is 15.5 Å². The van der Waals surface area contributed by atoms with E-state index in [1.165, 1.54) is 16.5 Å². The molecule has 3 rings (SSSR count). The van der Waals surface area contributed by atoms with E-state index >= 15 is 0 Å². The van der Waals surface area contributed by atoms with Crippen LogP contribution in [0.15, 0.2) is 59.6 Å². The molecule has 2 N–H and O–H groups in total. The van der Waals surface area contributed by atoms with Gasteiger partial charge in [-0.2, -0.15) is 0 Å². The number of benzene rings is 2. The molecule has 0 atom stereocenters. The van der Waals surface area contributed by atoms with Crippen LogP contribution < -0.4 is 10.6 Å². The molecule has 154 valence electrons. The Kier molecular flexibility index (Phi) is 6.86. The topological polar surface area (TPSA) is 56.7 Å². The smallest absolute Gasteiger partial charge is 0.243 e. The Balaban J connectivity index is 1.61. The number of rotatable bonds is 8. The number of likely N-dealkylation sites (N-methyl/N-ethyl adjacent to an activating group) is 1. The number of carbonyl (C=O) groups is 1. The lowest BCUT2D eigenvalue weighted by Crippen LogP contribution is -2.42. The highest BCUT2D eigenvalue weighted by atomic mass is 19.1. The molecule has 0 saturated heterocycles. The van der Waals surface area contributed by atoms with E-state index in [0.29, 0.717) is 19.0 Å². The van der Waals surface area contributed by atoms with Crippen LogP contribution in [0.5, 0.6) is 0 Å². The maximum atomic E-state index is 13.6. The van der Waals surface area contributed by atoms with E-state index in [-0.39, 0.29) is 23.7 Å². The zero-order chi connectivity index (χ0) is 20.7. The average molecular weight is 397 g/mol. The minimum atomic E-state index is -0.208. The van der Waals surface area contributed by atoms with Gasteiger partial charge in [0.1, 0.15) is 12.4 Å². The predicted octanol–water partition coefficient (Wildman–Crippen LogP) is 2.72. The van der Waals surface area contributed by atoms with Gasteiger partial charge in [-0.15, -0.1) is 0 Å². The van der Waals surface area contributed by atoms with E-state index < -0.39 is 0 Å². The lowest BCUT2D eigenvalue weighted by Gasteiger charge is -2.20. The van der Waals surface area contributed by atoms with Gasteiger partial charge in [-0.1, -0.05) is 42.5 Å². The Morgan fingerprint density at radius 3 is 2.52 bits per heavy atom. The summed E-state index contributed by atoms with van der Waals surface area (Å²) in [5, 5.41) is 6.69. The summed E-state index contributed by atoms with van der Waals surface area (Å²) in [5.41, 5.74) is 2.19. The third-order valence-corrected chi connectivity index (χ3v) is 5.30. The van der Waals surface area contributed by atoms with Crippen LogP contribution in [0.2, 0.25) is 0 Å². The maximum Gasteiger partial charge on any atom is 0.243 e. The molecule has 1 saturated carbocycles. The van der Waals surface area contributed by atoms with Gasteiger partial charge in [-0.05, 0) is 42.5 Å². The molecule has 2 aromatic rings. The van der Waals surface area contributed by atoms with Crippen LogP contribution in [0.25, 0.3) is 0 Å². The van der Waals surface area contributed by atoms with Gasteiger partial charge in [0.05, 0.1) is 0 Å². The average Bonchev–Trinajstić information content (AvgIpc) is 3.51. The van der Waals surface area contributed by atoms with Crippen molar-refractivity contribution in [3.8, 4) is 0 Å². The Labute approximate surface area is 172 Å². The zero-order valence-electron chi connectivity index (χ0n) is 17.1. The van der Waals surface area contributed by atoms with Crippen LogP contribution in [0.3, 0.4) is 0 Å². The normalized spacial score (nSPS) is 14.9. The second kappa shape index (κ2) is 9.54. The van der Waals surface area contributed by atoms with Crippen molar-refractivity contribution in [2.75, 3.05) is 33.7 Å². The fraction of sp³-hybridized carbons (Fsp3) is 0.391. The molecule has 0 aromatic heterocycles. The van der Waals surface area contributed by atoms with Crippen molar-refractivity contribution < 1.29 is 9.18 Å². The molecule has 1 aliphatic carbocycles. The molecule has 5 nitrogen and oxygen atoms in total. The summed E-state index contributed by atoms with van der Waals surface area (Å²) in [6, 6.07) is 17.0. The van der Waals surface area contributed by atoms with E-state index in [1.54, 1.807) is 26.2 Å². The number of nitrogens with one attached hydrogen (secondary N) is 2. The zero-order valence-corrected chi connectivity index (χ0v) is 17.1. The monoisotopic (exact) mass is 396 g/mol. The summed E-state index contributed by atoms with van der Waals surface area (Å²) >= 11 is 0. The predicted molar refractivity (Wildman–Crippen MR) is 114 cm³/mol. The van der Waals surface area contributed by atoms with Crippen molar-refractivity contribution in [2.45, 2.75) is 24.7 Å². The SMILES string of the molecule is CN(C)C(=O)CN=C(NCCc1ccccc1)NCC1(c2cccc(F)c2)CC1. The third-order valence-electron chi connectivity index (χ3n) is 5.30. The Morgan fingerprint density at radius 1 is 1.10 bits per heavy atom. The first-order valence-electron chi connectivity index (χ1n) is 10.0. The Morgan fingerprint density at radius 2 is 1.86 bits per heavy atom. The van der Waals surface area contributed by atoms with Crippen LogP contribution in [0, 0.1) is 5.82 Å². The van der Waals surface area contributed by atoms with Crippen molar-refractivity contribution in [1.29, 1.82) is 0 Å². The van der Waals surface area contributed by atoms with Gasteiger partial charge in [0, 0.05) is 32.6 Å². The summed E-state index contributed by atoms with van der Waals surface area (Å²) in [7, 11) is 3.44. The summed E-state index contributed by atoms with van der Waals surface area (Å²) in [4.78, 5) is 17.9. The number of carbonyl (C=O) groups excluding carboxylic acids is 1. The lowest BCUT2D eigenvalue weighted by molar-refractivity contribution is -0.127. The van der Waals surface area contributed by atoms with Crippen molar-refractivity contribution in [2.24, 2.45) is 4.99 Å². The second-order valence-corrected chi connectivity index (χ2v) is 7.76. The molecular weight excluding hydrogens is 367 g/mol. The summed E-state index contributed by atoms with van der Waals surface area (Å²) in [6.45, 7) is 1.45. The third kappa shape index (κ3) is 6.04. The van der Waals surface area contributed by atoms with Gasteiger partial charge in [-0.25, -0.2) is 9.38 Å². The van der Waals surface area contributed by atoms with Gasteiger partial charge in [0.2, 0.25) is 5.91 Å². The number of hydrogen-bond donors (Lipinski definition) is 2. The van der Waals surface area contributed by atoms with Gasteiger partial charge in [0.25, 0.3) is 0 Å². The van der Waals surface area contributed by atoms with E-state index in [2.05, 4.69) is 27.8 Å². The molecule has 1 fully saturated rings. The fourth-order valence-corrected chi connectivity index (χ4v) is 3.22. The maximum absolute atomic E-state index is 13.6. The molecule has 6 heteroatoms. The highest BCUT2D eigenvalue weighted by Gasteiger charge is 2.44. The van der Waals surface area contributed by atoms with Gasteiger partial charge in [0.15, 0.2) is 5.96 Å². The van der Waals surface area contributed by atoms with Crippen LogP contribution in [0.4, 0.5) is 4.39 Å². The Hall–Kier alpha value is -2.89. The van der Waals surface area contributed by atoms with Crippen LogP contribution in [0.1, 0.15) is 24.0 Å². The van der Waals surface area contributed by atoms with Gasteiger partial charge >= 0.3 is 0 Å². The lowest BCUT2D eigenvalue weighted by atomic mass is 9.96. The molecule has 0 heterocycles. The first-order chi connectivity index (χ1) is 14.0. The second-order valence-electron chi connectivity index (χ2n) is 7.76. The number of guanidine groups is 1. The molecular formula is C23H29FN4O. The van der Waals surface area contributed by atoms with Crippen molar-refractivity contribution in [1.82, 2.24) is 15.5 Å². The molecule has 0 radical (unpaired) electrons. The summed E-state index contributed by atoms with van der Waals surface area (Å²) < 4.78 is 13.6. The minimum absolute atomic E-state index is 0.0552. The largest absolute Gasteiger partial charge is 0.356 e. The summed E-state index contributed by atoms with van der Waals surface area (Å²) in [5.74, 6) is 0.347. The Bertz CT molecular complexity index is 847. The number of nitrogens with zero attached hydrogens (tertiary/aromatic N) is 2. The van der Waals surface area contributed by atoms with E-state index in [0.717, 1.165) is 24.8 Å². The number of aliphatic imine (C=N–C) groups is 1. The standard InChI is InChI=1S/C23H29FN4O/c1-28(2)21(29)16-26-22(25-14-11-18-7-4-3-5-8-18)27-17-23(12-13-23)19-9-6-10-20(24)15-19/h3-10,15H,11-14,16-17H2,1-2H3,(H2,25,26,27). The van der Waals surface area contributed by atoms with E-state index in [9.17, 15) is 9.18 Å². The highest BCUT2D eigenvalue weighted by molar-refractivity contribution is 5.84. The molecule has 2 aromatic carbocycles. The van der Waals surface area contributed by atoms with Crippen LogP contribution in [-0.4, -0.2) is 50.5 Å². The molecule has 0 bridgehead atoms. The van der Waals surface area contributed by atoms with Crippen molar-refractivity contribution >= 4 is 11.9 Å². The molecule has 1 aliphatic rings.